The van der Waals surface area contributed by atoms with Crippen LogP contribution in [0.2, 0.25) is 0 Å². The number of hydrogen-bond donors (Lipinski definition) is 0. The summed E-state index contributed by atoms with van der Waals surface area (Å²) in [6.07, 6.45) is 7.75. The van der Waals surface area contributed by atoms with Crippen molar-refractivity contribution < 1.29 is 9.53 Å². The molecule has 1 rings (SSSR count). The smallest absolute Gasteiger partial charge is 0.306 e. The lowest BCUT2D eigenvalue weighted by Gasteiger charge is -2.19. The Morgan fingerprint density at radius 1 is 1.40 bits per heavy atom. The van der Waals surface area contributed by atoms with E-state index in [4.69, 9.17) is 4.74 Å². The van der Waals surface area contributed by atoms with E-state index in [0.717, 1.165) is 18.2 Å². The molecule has 0 aromatic rings. The minimum absolute atomic E-state index is 0.0182. The molecule has 0 bridgehead atoms. The van der Waals surface area contributed by atoms with E-state index >= 15 is 0 Å². The number of rotatable bonds is 6. The van der Waals surface area contributed by atoms with Crippen LogP contribution in [0.3, 0.4) is 0 Å². The maximum Gasteiger partial charge on any atom is 0.306 e. The third kappa shape index (κ3) is 5.01. The van der Waals surface area contributed by atoms with E-state index in [1.807, 2.05) is 6.92 Å². The van der Waals surface area contributed by atoms with E-state index in [9.17, 15) is 4.79 Å². The molecular formula is C12H21BrO2. The van der Waals surface area contributed by atoms with E-state index in [1.54, 1.807) is 0 Å². The highest BCUT2D eigenvalue weighted by Crippen LogP contribution is 2.29. The summed E-state index contributed by atoms with van der Waals surface area (Å²) in [5.74, 6) is 0.598. The molecule has 1 saturated carbocycles. The molecule has 1 aliphatic carbocycles. The average Bonchev–Trinajstić information content (AvgIpc) is 2.70. The number of halogens is 1. The Hall–Kier alpha value is -0.0500. The molecule has 0 N–H and O–H groups in total. The van der Waals surface area contributed by atoms with Crippen molar-refractivity contribution in [2.45, 2.75) is 58.0 Å². The molecule has 2 nitrogen and oxygen atoms in total. The van der Waals surface area contributed by atoms with E-state index < -0.39 is 0 Å². The van der Waals surface area contributed by atoms with E-state index in [0.29, 0.717) is 12.3 Å². The minimum atomic E-state index is -0.0182. The molecule has 88 valence electrons. The average molecular weight is 277 g/mol. The van der Waals surface area contributed by atoms with Crippen LogP contribution >= 0.6 is 15.9 Å². The van der Waals surface area contributed by atoms with Gasteiger partial charge in [-0.05, 0) is 38.5 Å². The van der Waals surface area contributed by atoms with Gasteiger partial charge in [0.1, 0.15) is 6.10 Å². The van der Waals surface area contributed by atoms with Gasteiger partial charge in [0, 0.05) is 11.8 Å². The van der Waals surface area contributed by atoms with Crippen LogP contribution in [0.1, 0.15) is 51.9 Å². The van der Waals surface area contributed by atoms with Crippen molar-refractivity contribution in [2.24, 2.45) is 5.92 Å². The fourth-order valence-corrected chi connectivity index (χ4v) is 2.55. The van der Waals surface area contributed by atoms with Gasteiger partial charge in [-0.2, -0.15) is 0 Å². The zero-order valence-electron chi connectivity index (χ0n) is 9.51. The molecule has 1 unspecified atom stereocenters. The highest BCUT2D eigenvalue weighted by Gasteiger charge is 2.24. The van der Waals surface area contributed by atoms with Crippen molar-refractivity contribution in [3.63, 3.8) is 0 Å². The van der Waals surface area contributed by atoms with Crippen LogP contribution in [-0.2, 0) is 9.53 Å². The zero-order chi connectivity index (χ0) is 11.1. The van der Waals surface area contributed by atoms with E-state index in [2.05, 4.69) is 15.9 Å². The largest absolute Gasteiger partial charge is 0.462 e. The van der Waals surface area contributed by atoms with Crippen LogP contribution in [0, 0.1) is 5.92 Å². The van der Waals surface area contributed by atoms with Gasteiger partial charge < -0.3 is 4.74 Å². The quantitative estimate of drug-likeness (QED) is 0.420. The van der Waals surface area contributed by atoms with Crippen LogP contribution in [0.25, 0.3) is 0 Å². The summed E-state index contributed by atoms with van der Waals surface area (Å²) >= 11 is 3.35. The molecule has 1 fully saturated rings. The molecule has 15 heavy (non-hydrogen) atoms. The van der Waals surface area contributed by atoms with Crippen LogP contribution < -0.4 is 0 Å². The molecule has 0 spiro atoms. The van der Waals surface area contributed by atoms with Crippen molar-refractivity contribution in [1.82, 2.24) is 0 Å². The number of carbonyl (C=O) groups excluding carboxylic acids is 1. The fourth-order valence-electron chi connectivity index (χ4n) is 2.15. The van der Waals surface area contributed by atoms with Crippen LogP contribution in [0.15, 0.2) is 0 Å². The van der Waals surface area contributed by atoms with E-state index in [1.165, 1.54) is 25.7 Å². The number of hydrogen-bond acceptors (Lipinski definition) is 2. The molecule has 0 amide bonds. The monoisotopic (exact) mass is 276 g/mol. The van der Waals surface area contributed by atoms with Crippen LogP contribution in [-0.4, -0.2) is 17.4 Å². The second-order valence-corrected chi connectivity index (χ2v) is 5.18. The van der Waals surface area contributed by atoms with Crippen molar-refractivity contribution in [2.75, 3.05) is 5.33 Å². The van der Waals surface area contributed by atoms with Gasteiger partial charge in [-0.15, -0.1) is 0 Å². The first-order chi connectivity index (χ1) is 7.24. The molecule has 0 aromatic carbocycles. The Balaban J connectivity index is 2.13. The van der Waals surface area contributed by atoms with Crippen LogP contribution in [0.5, 0.6) is 0 Å². The Kier molecular flexibility index (Phi) is 6.30. The van der Waals surface area contributed by atoms with Gasteiger partial charge in [0.15, 0.2) is 0 Å². The number of alkyl halides is 1. The summed E-state index contributed by atoms with van der Waals surface area (Å²) in [7, 11) is 0. The SMILES string of the molecule is CC(OC(=O)CCCCBr)C1CCCC1. The third-order valence-electron chi connectivity index (χ3n) is 3.15. The standard InChI is InChI=1S/C12H21BrO2/c1-10(11-6-2-3-7-11)15-12(14)8-4-5-9-13/h10-11H,2-9H2,1H3. The summed E-state index contributed by atoms with van der Waals surface area (Å²) in [6, 6.07) is 0. The van der Waals surface area contributed by atoms with Gasteiger partial charge in [0.2, 0.25) is 0 Å². The second-order valence-electron chi connectivity index (χ2n) is 4.39. The lowest BCUT2D eigenvalue weighted by atomic mass is 10.0. The number of carbonyl (C=O) groups is 1. The Morgan fingerprint density at radius 3 is 2.67 bits per heavy atom. The first kappa shape index (κ1) is 13.0. The van der Waals surface area contributed by atoms with Crippen molar-refractivity contribution in [3.05, 3.63) is 0 Å². The molecular weight excluding hydrogens is 256 g/mol. The van der Waals surface area contributed by atoms with Crippen LogP contribution in [0.4, 0.5) is 0 Å². The predicted molar refractivity (Wildman–Crippen MR) is 65.2 cm³/mol. The summed E-state index contributed by atoms with van der Waals surface area (Å²) in [5, 5.41) is 0.971. The van der Waals surface area contributed by atoms with Gasteiger partial charge in [-0.3, -0.25) is 4.79 Å². The first-order valence-corrected chi connectivity index (χ1v) is 7.11. The summed E-state index contributed by atoms with van der Waals surface area (Å²) in [4.78, 5) is 11.4. The summed E-state index contributed by atoms with van der Waals surface area (Å²) in [6.45, 7) is 2.04. The van der Waals surface area contributed by atoms with Crippen molar-refractivity contribution in [3.8, 4) is 0 Å². The molecule has 0 radical (unpaired) electrons. The van der Waals surface area contributed by atoms with E-state index in [-0.39, 0.29) is 12.1 Å². The molecule has 1 atom stereocenters. The maximum atomic E-state index is 11.4. The van der Waals surface area contributed by atoms with Gasteiger partial charge in [-0.25, -0.2) is 0 Å². The number of ether oxygens (including phenoxy) is 1. The highest BCUT2D eigenvalue weighted by molar-refractivity contribution is 9.09. The fraction of sp³-hybridized carbons (Fsp3) is 0.917. The Morgan fingerprint density at radius 2 is 2.07 bits per heavy atom. The maximum absolute atomic E-state index is 11.4. The third-order valence-corrected chi connectivity index (χ3v) is 3.71. The lowest BCUT2D eigenvalue weighted by molar-refractivity contribution is -0.150. The molecule has 3 heteroatoms. The molecule has 0 aromatic heterocycles. The molecule has 0 aliphatic heterocycles. The van der Waals surface area contributed by atoms with Crippen molar-refractivity contribution in [1.29, 1.82) is 0 Å². The minimum Gasteiger partial charge on any atom is -0.462 e. The summed E-state index contributed by atoms with van der Waals surface area (Å²) < 4.78 is 5.43. The number of unbranched alkanes of at least 4 members (excludes halogenated alkanes) is 1. The molecule has 0 heterocycles. The van der Waals surface area contributed by atoms with Gasteiger partial charge in [0.05, 0.1) is 0 Å². The van der Waals surface area contributed by atoms with Gasteiger partial charge in [-0.1, -0.05) is 28.8 Å². The highest BCUT2D eigenvalue weighted by atomic mass is 79.9. The van der Waals surface area contributed by atoms with Crippen molar-refractivity contribution >= 4 is 21.9 Å². The Bertz CT molecular complexity index is 188. The number of esters is 1. The zero-order valence-corrected chi connectivity index (χ0v) is 11.1. The van der Waals surface area contributed by atoms with Gasteiger partial charge >= 0.3 is 5.97 Å². The molecule has 1 aliphatic rings. The van der Waals surface area contributed by atoms with Gasteiger partial charge in [0.25, 0.3) is 0 Å². The summed E-state index contributed by atoms with van der Waals surface area (Å²) in [5.41, 5.74) is 0. The topological polar surface area (TPSA) is 26.3 Å². The second kappa shape index (κ2) is 7.26. The first-order valence-electron chi connectivity index (χ1n) is 5.99. The Labute approximate surface area is 101 Å². The predicted octanol–water partition coefficient (Wildman–Crippen LogP) is 3.67. The normalized spacial score (nSPS) is 19.1. The molecule has 0 saturated heterocycles. The lowest BCUT2D eigenvalue weighted by Crippen LogP contribution is -2.22.